The highest BCUT2D eigenvalue weighted by molar-refractivity contribution is 5.34. The van der Waals surface area contributed by atoms with E-state index in [2.05, 4.69) is 0 Å². The molecule has 0 aromatic heterocycles. The molecule has 0 saturated heterocycles. The Bertz CT molecular complexity index is 375. The summed E-state index contributed by atoms with van der Waals surface area (Å²) in [5.74, 6) is -0.562. The predicted octanol–water partition coefficient (Wildman–Crippen LogP) is 1.66. The lowest BCUT2D eigenvalue weighted by atomic mass is 9.94. The maximum atomic E-state index is 14.0. The summed E-state index contributed by atoms with van der Waals surface area (Å²) in [6.07, 6.45) is -0.968. The van der Waals surface area contributed by atoms with Gasteiger partial charge in [0.05, 0.1) is 7.11 Å². The van der Waals surface area contributed by atoms with Gasteiger partial charge in [-0.05, 0) is 13.0 Å². The van der Waals surface area contributed by atoms with Crippen molar-refractivity contribution in [3.8, 4) is 5.75 Å². The third-order valence-corrected chi connectivity index (χ3v) is 2.62. The van der Waals surface area contributed by atoms with Gasteiger partial charge in [0.15, 0.2) is 17.9 Å². The Labute approximate surface area is 99.9 Å². The average molecular weight is 244 g/mol. The van der Waals surface area contributed by atoms with Gasteiger partial charge in [-0.2, -0.15) is 0 Å². The third kappa shape index (κ3) is 2.57. The van der Waals surface area contributed by atoms with Crippen LogP contribution in [0.4, 0.5) is 4.39 Å². The summed E-state index contributed by atoms with van der Waals surface area (Å²) < 4.78 is 28.8. The minimum absolute atomic E-state index is 0.0607. The second-order valence-electron chi connectivity index (χ2n) is 3.77. The Balaban J connectivity index is 3.22. The fourth-order valence-corrected chi connectivity index (χ4v) is 1.74. The van der Waals surface area contributed by atoms with Crippen LogP contribution in [0.15, 0.2) is 18.2 Å². The molecule has 5 heteroatoms. The smallest absolute Gasteiger partial charge is 0.189 e. The molecule has 96 valence electrons. The zero-order valence-electron chi connectivity index (χ0n) is 10.4. The van der Waals surface area contributed by atoms with Crippen molar-refractivity contribution in [1.29, 1.82) is 0 Å². The number of rotatable bonds is 5. The molecule has 0 aliphatic heterocycles. The second kappa shape index (κ2) is 5.44. The molecule has 0 radical (unpaired) electrons. The summed E-state index contributed by atoms with van der Waals surface area (Å²) in [5, 5.41) is 10.3. The summed E-state index contributed by atoms with van der Waals surface area (Å²) in [6.45, 7) is 1.42. The lowest BCUT2D eigenvalue weighted by Gasteiger charge is -2.31. The molecule has 0 spiro atoms. The zero-order valence-corrected chi connectivity index (χ0v) is 10.4. The lowest BCUT2D eigenvalue weighted by molar-refractivity contribution is -0.214. The van der Waals surface area contributed by atoms with Crippen LogP contribution < -0.4 is 4.74 Å². The van der Waals surface area contributed by atoms with Crippen molar-refractivity contribution < 1.29 is 23.7 Å². The van der Waals surface area contributed by atoms with E-state index in [1.165, 1.54) is 40.4 Å². The Kier molecular flexibility index (Phi) is 4.45. The fourth-order valence-electron chi connectivity index (χ4n) is 1.74. The van der Waals surface area contributed by atoms with Crippen LogP contribution in [0.3, 0.4) is 0 Å². The van der Waals surface area contributed by atoms with E-state index in [-0.39, 0.29) is 11.3 Å². The highest BCUT2D eigenvalue weighted by Crippen LogP contribution is 2.32. The van der Waals surface area contributed by atoms with Crippen molar-refractivity contribution in [1.82, 2.24) is 0 Å². The standard InChI is InChI=1S/C12H17FO4/c1-12(14,11(16-3)17-4)8-6-5-7-9(15-2)10(8)13/h5-7,11,14H,1-4H3. The first-order chi connectivity index (χ1) is 7.98. The zero-order chi connectivity index (χ0) is 13.1. The van der Waals surface area contributed by atoms with Crippen molar-refractivity contribution >= 4 is 0 Å². The van der Waals surface area contributed by atoms with Crippen LogP contribution in [0, 0.1) is 5.82 Å². The van der Waals surface area contributed by atoms with Crippen molar-refractivity contribution in [2.45, 2.75) is 18.8 Å². The van der Waals surface area contributed by atoms with Crippen molar-refractivity contribution in [2.75, 3.05) is 21.3 Å². The molecule has 1 aromatic carbocycles. The Morgan fingerprint density at radius 1 is 1.24 bits per heavy atom. The number of halogens is 1. The van der Waals surface area contributed by atoms with E-state index in [1.807, 2.05) is 0 Å². The van der Waals surface area contributed by atoms with Crippen molar-refractivity contribution in [2.24, 2.45) is 0 Å². The van der Waals surface area contributed by atoms with Crippen molar-refractivity contribution in [3.63, 3.8) is 0 Å². The average Bonchev–Trinajstić information content (AvgIpc) is 2.30. The van der Waals surface area contributed by atoms with Crippen LogP contribution >= 0.6 is 0 Å². The maximum absolute atomic E-state index is 14.0. The highest BCUT2D eigenvalue weighted by atomic mass is 19.1. The van der Waals surface area contributed by atoms with E-state index in [1.54, 1.807) is 6.07 Å². The number of hydrogen-bond donors (Lipinski definition) is 1. The van der Waals surface area contributed by atoms with Gasteiger partial charge < -0.3 is 19.3 Å². The molecule has 1 rings (SSSR count). The Morgan fingerprint density at radius 3 is 2.29 bits per heavy atom. The summed E-state index contributed by atoms with van der Waals surface area (Å²) in [5.41, 5.74) is -1.55. The van der Waals surface area contributed by atoms with Crippen LogP contribution in [-0.4, -0.2) is 32.7 Å². The van der Waals surface area contributed by atoms with Gasteiger partial charge in [0.1, 0.15) is 5.60 Å². The largest absolute Gasteiger partial charge is 0.494 e. The minimum Gasteiger partial charge on any atom is -0.494 e. The third-order valence-electron chi connectivity index (χ3n) is 2.62. The molecule has 0 aliphatic carbocycles. The summed E-state index contributed by atoms with van der Waals surface area (Å²) >= 11 is 0. The lowest BCUT2D eigenvalue weighted by Crippen LogP contribution is -2.40. The molecule has 17 heavy (non-hydrogen) atoms. The molecular formula is C12H17FO4. The molecule has 0 saturated carbocycles. The molecule has 0 fully saturated rings. The first-order valence-electron chi connectivity index (χ1n) is 5.10. The van der Waals surface area contributed by atoms with Crippen LogP contribution in [0.5, 0.6) is 5.75 Å². The van der Waals surface area contributed by atoms with E-state index in [0.717, 1.165) is 0 Å². The van der Waals surface area contributed by atoms with Crippen molar-refractivity contribution in [3.05, 3.63) is 29.6 Å². The molecule has 1 unspecified atom stereocenters. The van der Waals surface area contributed by atoms with Gasteiger partial charge in [-0.3, -0.25) is 0 Å². The Hall–Kier alpha value is -1.17. The van der Waals surface area contributed by atoms with Gasteiger partial charge >= 0.3 is 0 Å². The molecule has 4 nitrogen and oxygen atoms in total. The molecule has 1 N–H and O–H groups in total. The fraction of sp³-hybridized carbons (Fsp3) is 0.500. The normalized spacial score (nSPS) is 14.8. The summed E-state index contributed by atoms with van der Waals surface area (Å²) in [4.78, 5) is 0. The molecule has 1 aromatic rings. The quantitative estimate of drug-likeness (QED) is 0.800. The number of benzene rings is 1. The predicted molar refractivity (Wildman–Crippen MR) is 60.3 cm³/mol. The van der Waals surface area contributed by atoms with E-state index in [0.29, 0.717) is 0 Å². The molecule has 1 atom stereocenters. The number of hydrogen-bond acceptors (Lipinski definition) is 4. The van der Waals surface area contributed by atoms with E-state index in [4.69, 9.17) is 14.2 Å². The number of aliphatic hydroxyl groups is 1. The van der Waals surface area contributed by atoms with Gasteiger partial charge in [-0.25, -0.2) is 4.39 Å². The van der Waals surface area contributed by atoms with Crippen LogP contribution in [-0.2, 0) is 15.1 Å². The van der Waals surface area contributed by atoms with E-state index >= 15 is 0 Å². The number of methoxy groups -OCH3 is 3. The Morgan fingerprint density at radius 2 is 1.82 bits per heavy atom. The topological polar surface area (TPSA) is 47.9 Å². The number of ether oxygens (including phenoxy) is 3. The first-order valence-corrected chi connectivity index (χ1v) is 5.10. The molecule has 0 aliphatic rings. The van der Waals surface area contributed by atoms with Crippen LogP contribution in [0.2, 0.25) is 0 Å². The highest BCUT2D eigenvalue weighted by Gasteiger charge is 2.37. The van der Waals surface area contributed by atoms with Gasteiger partial charge in [0.2, 0.25) is 0 Å². The SMILES string of the molecule is COc1cccc(C(C)(O)C(OC)OC)c1F. The van der Waals surface area contributed by atoms with Gasteiger partial charge in [-0.15, -0.1) is 0 Å². The van der Waals surface area contributed by atoms with E-state index < -0.39 is 17.7 Å². The van der Waals surface area contributed by atoms with Gasteiger partial charge in [-0.1, -0.05) is 12.1 Å². The van der Waals surface area contributed by atoms with Gasteiger partial charge in [0, 0.05) is 19.8 Å². The van der Waals surface area contributed by atoms with Crippen LogP contribution in [0.1, 0.15) is 12.5 Å². The minimum atomic E-state index is -1.61. The summed E-state index contributed by atoms with van der Waals surface area (Å²) in [6, 6.07) is 4.53. The second-order valence-corrected chi connectivity index (χ2v) is 3.77. The molecule has 0 heterocycles. The van der Waals surface area contributed by atoms with E-state index in [9.17, 15) is 9.50 Å². The first kappa shape index (κ1) is 13.9. The monoisotopic (exact) mass is 244 g/mol. The maximum Gasteiger partial charge on any atom is 0.189 e. The van der Waals surface area contributed by atoms with Gasteiger partial charge in [0.25, 0.3) is 0 Å². The molecular weight excluding hydrogens is 227 g/mol. The molecule has 0 amide bonds. The molecule has 0 bridgehead atoms. The van der Waals surface area contributed by atoms with Crippen LogP contribution in [0.25, 0.3) is 0 Å². The summed E-state index contributed by atoms with van der Waals surface area (Å²) in [7, 11) is 4.11.